The van der Waals surface area contributed by atoms with E-state index in [2.05, 4.69) is 25.7 Å². The van der Waals surface area contributed by atoms with Gasteiger partial charge in [-0.1, -0.05) is 11.2 Å². The molecular formula is C17H14N6O2S. The normalized spacial score (nSPS) is 11.4. The van der Waals surface area contributed by atoms with Gasteiger partial charge in [-0.25, -0.2) is 0 Å². The lowest BCUT2D eigenvalue weighted by molar-refractivity contribution is -0.116. The maximum Gasteiger partial charge on any atom is 0.258 e. The van der Waals surface area contributed by atoms with Crippen LogP contribution in [-0.2, 0) is 11.3 Å². The van der Waals surface area contributed by atoms with Crippen LogP contribution in [0.3, 0.4) is 0 Å². The average molecular weight is 366 g/mol. The molecule has 0 spiro atoms. The summed E-state index contributed by atoms with van der Waals surface area (Å²) in [6.07, 6.45) is 5.10. The Morgan fingerprint density at radius 3 is 3.08 bits per heavy atom. The van der Waals surface area contributed by atoms with E-state index in [4.69, 9.17) is 4.52 Å². The van der Waals surface area contributed by atoms with Crippen molar-refractivity contribution in [3.05, 3.63) is 58.4 Å². The predicted molar refractivity (Wildman–Crippen MR) is 96.2 cm³/mol. The van der Waals surface area contributed by atoms with Crippen molar-refractivity contribution in [2.45, 2.75) is 13.5 Å². The predicted octanol–water partition coefficient (Wildman–Crippen LogP) is 2.48. The van der Waals surface area contributed by atoms with Crippen LogP contribution in [0.15, 0.2) is 46.4 Å². The first-order chi connectivity index (χ1) is 12.7. The zero-order chi connectivity index (χ0) is 17.9. The Labute approximate surface area is 152 Å². The third kappa shape index (κ3) is 3.38. The molecule has 4 rings (SSSR count). The Kier molecular flexibility index (Phi) is 4.28. The lowest BCUT2D eigenvalue weighted by atomic mass is 10.2. The third-order valence-electron chi connectivity index (χ3n) is 3.62. The molecule has 0 saturated heterocycles. The number of thiophene rings is 1. The van der Waals surface area contributed by atoms with Crippen LogP contribution in [0.4, 0.5) is 0 Å². The van der Waals surface area contributed by atoms with Crippen LogP contribution in [0.1, 0.15) is 16.5 Å². The number of carbonyl (C=O) groups excluding carboxylic acids is 1. The van der Waals surface area contributed by atoms with E-state index in [1.165, 1.54) is 6.08 Å². The first-order valence-electron chi connectivity index (χ1n) is 7.83. The highest BCUT2D eigenvalue weighted by molar-refractivity contribution is 7.10. The molecule has 1 N–H and O–H groups in total. The van der Waals surface area contributed by atoms with Gasteiger partial charge in [0.05, 0.1) is 6.54 Å². The molecule has 0 bridgehead atoms. The topological polar surface area (TPSA) is 98.2 Å². The van der Waals surface area contributed by atoms with Crippen LogP contribution in [0, 0.1) is 6.92 Å². The van der Waals surface area contributed by atoms with Gasteiger partial charge < -0.3 is 9.84 Å². The second kappa shape index (κ2) is 6.89. The molecular weight excluding hydrogens is 352 g/mol. The Morgan fingerprint density at radius 1 is 1.38 bits per heavy atom. The summed E-state index contributed by atoms with van der Waals surface area (Å²) in [6.45, 7) is 2.03. The standard InChI is InChI=1S/C17H14N6O2S/c1-11-19-17(25-22-11)12-6-7-23-14(9-12)20-21-15(23)10-18-16(24)5-4-13-3-2-8-26-13/h2-9H,10H2,1H3,(H,18,24)/b5-4+. The Morgan fingerprint density at radius 2 is 2.31 bits per heavy atom. The van der Waals surface area contributed by atoms with Crippen LogP contribution in [0.25, 0.3) is 23.2 Å². The summed E-state index contributed by atoms with van der Waals surface area (Å²) in [5, 5.41) is 16.8. The minimum absolute atomic E-state index is 0.187. The van der Waals surface area contributed by atoms with E-state index >= 15 is 0 Å². The SMILES string of the molecule is Cc1noc(-c2ccn3c(CNC(=O)/C=C/c4cccs4)nnc3c2)n1. The fraction of sp³-hybridized carbons (Fsp3) is 0.118. The number of aromatic nitrogens is 5. The first-order valence-corrected chi connectivity index (χ1v) is 8.71. The number of aryl methyl sites for hydroxylation is 1. The quantitative estimate of drug-likeness (QED) is 0.545. The highest BCUT2D eigenvalue weighted by Gasteiger charge is 2.11. The van der Waals surface area contributed by atoms with Crippen molar-refractivity contribution in [1.82, 2.24) is 30.1 Å². The van der Waals surface area contributed by atoms with E-state index < -0.39 is 0 Å². The number of fused-ring (bicyclic) bond motifs is 1. The molecule has 130 valence electrons. The lowest BCUT2D eigenvalue weighted by Crippen LogP contribution is -2.21. The van der Waals surface area contributed by atoms with Crippen molar-refractivity contribution in [3.8, 4) is 11.5 Å². The molecule has 26 heavy (non-hydrogen) atoms. The highest BCUT2D eigenvalue weighted by Crippen LogP contribution is 2.18. The molecule has 0 radical (unpaired) electrons. The Bertz CT molecular complexity index is 1080. The minimum atomic E-state index is -0.187. The summed E-state index contributed by atoms with van der Waals surface area (Å²) in [5.74, 6) is 1.45. The van der Waals surface area contributed by atoms with Crippen LogP contribution < -0.4 is 5.32 Å². The smallest absolute Gasteiger partial charge is 0.258 e. The second-order valence-electron chi connectivity index (χ2n) is 5.47. The summed E-state index contributed by atoms with van der Waals surface area (Å²) in [4.78, 5) is 17.2. The fourth-order valence-corrected chi connectivity index (χ4v) is 3.00. The molecule has 0 aliphatic carbocycles. The minimum Gasteiger partial charge on any atom is -0.345 e. The van der Waals surface area contributed by atoms with Crippen molar-refractivity contribution in [2.75, 3.05) is 0 Å². The lowest BCUT2D eigenvalue weighted by Gasteiger charge is -2.02. The van der Waals surface area contributed by atoms with Gasteiger partial charge in [0.15, 0.2) is 17.3 Å². The zero-order valence-corrected chi connectivity index (χ0v) is 14.6. The molecule has 0 aromatic carbocycles. The monoisotopic (exact) mass is 366 g/mol. The highest BCUT2D eigenvalue weighted by atomic mass is 32.1. The van der Waals surface area contributed by atoms with E-state index in [-0.39, 0.29) is 12.5 Å². The van der Waals surface area contributed by atoms with Crippen molar-refractivity contribution >= 4 is 29.0 Å². The molecule has 4 aromatic heterocycles. The maximum atomic E-state index is 11.9. The Balaban J connectivity index is 1.46. The number of carbonyl (C=O) groups is 1. The summed E-state index contributed by atoms with van der Waals surface area (Å²) in [5.41, 5.74) is 1.40. The van der Waals surface area contributed by atoms with E-state index in [9.17, 15) is 4.79 Å². The van der Waals surface area contributed by atoms with Gasteiger partial charge in [-0.15, -0.1) is 21.5 Å². The third-order valence-corrected chi connectivity index (χ3v) is 4.46. The number of nitrogens with zero attached hydrogens (tertiary/aromatic N) is 5. The Hall–Kier alpha value is -3.33. The molecule has 1 amide bonds. The van der Waals surface area contributed by atoms with Gasteiger partial charge in [0.25, 0.3) is 5.89 Å². The van der Waals surface area contributed by atoms with Gasteiger partial charge >= 0.3 is 0 Å². The number of hydrogen-bond acceptors (Lipinski definition) is 7. The van der Waals surface area contributed by atoms with Gasteiger partial charge in [0.2, 0.25) is 5.91 Å². The summed E-state index contributed by atoms with van der Waals surface area (Å²) in [7, 11) is 0. The second-order valence-corrected chi connectivity index (χ2v) is 6.45. The van der Waals surface area contributed by atoms with Crippen LogP contribution in [-0.4, -0.2) is 30.6 Å². The first kappa shape index (κ1) is 16.2. The van der Waals surface area contributed by atoms with Gasteiger partial charge in [-0.05, 0) is 36.6 Å². The molecule has 0 fully saturated rings. The van der Waals surface area contributed by atoms with Crippen molar-refractivity contribution in [2.24, 2.45) is 0 Å². The van der Waals surface area contributed by atoms with Crippen LogP contribution in [0.2, 0.25) is 0 Å². The van der Waals surface area contributed by atoms with Gasteiger partial charge in [0.1, 0.15) is 0 Å². The number of amides is 1. The van der Waals surface area contributed by atoms with Crippen molar-refractivity contribution < 1.29 is 9.32 Å². The molecule has 4 heterocycles. The number of hydrogen-bond donors (Lipinski definition) is 1. The molecule has 0 aliphatic heterocycles. The van der Waals surface area contributed by atoms with E-state index in [0.717, 1.165) is 10.4 Å². The number of nitrogens with one attached hydrogen (secondary N) is 1. The molecule has 0 saturated carbocycles. The van der Waals surface area contributed by atoms with Crippen LogP contribution in [0.5, 0.6) is 0 Å². The number of pyridine rings is 1. The number of rotatable bonds is 5. The molecule has 8 nitrogen and oxygen atoms in total. The molecule has 4 aromatic rings. The molecule has 0 aliphatic rings. The van der Waals surface area contributed by atoms with Gasteiger partial charge in [-0.2, -0.15) is 4.98 Å². The molecule has 9 heteroatoms. The van der Waals surface area contributed by atoms with Gasteiger partial charge in [-0.3, -0.25) is 9.20 Å². The van der Waals surface area contributed by atoms with E-state index in [1.807, 2.05) is 35.8 Å². The average Bonchev–Trinajstić information content (AvgIpc) is 3.38. The van der Waals surface area contributed by atoms with Crippen molar-refractivity contribution in [1.29, 1.82) is 0 Å². The molecule has 0 unspecified atom stereocenters. The molecule has 0 atom stereocenters. The zero-order valence-electron chi connectivity index (χ0n) is 13.8. The maximum absolute atomic E-state index is 11.9. The fourth-order valence-electron chi connectivity index (χ4n) is 2.38. The van der Waals surface area contributed by atoms with Gasteiger partial charge in [0, 0.05) is 22.7 Å². The van der Waals surface area contributed by atoms with Crippen molar-refractivity contribution in [3.63, 3.8) is 0 Å². The largest absolute Gasteiger partial charge is 0.345 e. The van der Waals surface area contributed by atoms with E-state index in [0.29, 0.717) is 23.2 Å². The summed E-state index contributed by atoms with van der Waals surface area (Å²) >= 11 is 1.57. The summed E-state index contributed by atoms with van der Waals surface area (Å²) < 4.78 is 6.96. The van der Waals surface area contributed by atoms with E-state index in [1.54, 1.807) is 28.7 Å². The summed E-state index contributed by atoms with van der Waals surface area (Å²) in [6, 6.07) is 7.53. The van der Waals surface area contributed by atoms with Crippen LogP contribution >= 0.6 is 11.3 Å².